The molecule has 0 atom stereocenters. The van der Waals surface area contributed by atoms with Crippen LogP contribution in [0.15, 0.2) is 18.2 Å². The monoisotopic (exact) mass is 177 g/mol. The summed E-state index contributed by atoms with van der Waals surface area (Å²) < 4.78 is 0. The number of para-hydroxylation sites is 1. The van der Waals surface area contributed by atoms with Crippen LogP contribution in [0.1, 0.15) is 10.6 Å². The van der Waals surface area contributed by atoms with E-state index in [0.29, 0.717) is 11.0 Å². The molecule has 1 aromatic heterocycles. The molecule has 0 spiro atoms. The highest BCUT2D eigenvalue weighted by Crippen LogP contribution is 2.21. The molecule has 1 amide bonds. The summed E-state index contributed by atoms with van der Waals surface area (Å²) in [5.41, 5.74) is 5.96. The second kappa shape index (κ2) is 2.48. The van der Waals surface area contributed by atoms with E-state index in [1.807, 2.05) is 0 Å². The average Bonchev–Trinajstić information content (AvgIpc) is 2.49. The van der Waals surface area contributed by atoms with E-state index < -0.39 is 5.91 Å². The minimum atomic E-state index is -0.643. The Bertz CT molecular complexity index is 475. The second-order valence-corrected chi connectivity index (χ2v) is 2.62. The quantitative estimate of drug-likeness (QED) is 0.587. The number of carbonyl (C=O) groups excluding carboxylic acids is 1. The van der Waals surface area contributed by atoms with Crippen molar-refractivity contribution in [1.82, 2.24) is 9.97 Å². The maximum absolute atomic E-state index is 10.7. The van der Waals surface area contributed by atoms with Crippen LogP contribution in [-0.4, -0.2) is 21.0 Å². The molecule has 1 aromatic carbocycles. The Morgan fingerprint density at radius 2 is 2.31 bits per heavy atom. The Morgan fingerprint density at radius 1 is 1.54 bits per heavy atom. The Balaban J connectivity index is 2.75. The van der Waals surface area contributed by atoms with Gasteiger partial charge in [0, 0.05) is 0 Å². The maximum atomic E-state index is 10.7. The molecule has 0 aliphatic carbocycles. The first kappa shape index (κ1) is 7.60. The van der Waals surface area contributed by atoms with Crippen molar-refractivity contribution in [2.45, 2.75) is 0 Å². The summed E-state index contributed by atoms with van der Waals surface area (Å²) in [5.74, 6) is -0.562. The molecule has 2 aromatic rings. The number of amides is 1. The molecule has 0 aliphatic heterocycles. The topological polar surface area (TPSA) is 92.0 Å². The number of benzene rings is 1. The SMILES string of the molecule is NC(=O)c1nc2c(O)cccc2[nH]1. The molecule has 0 bridgehead atoms. The van der Waals surface area contributed by atoms with Crippen molar-refractivity contribution < 1.29 is 9.90 Å². The largest absolute Gasteiger partial charge is 0.506 e. The molecule has 4 N–H and O–H groups in total. The number of aromatic nitrogens is 2. The third-order valence-corrected chi connectivity index (χ3v) is 1.72. The summed E-state index contributed by atoms with van der Waals surface area (Å²) in [6.45, 7) is 0. The number of hydrogen-bond donors (Lipinski definition) is 3. The summed E-state index contributed by atoms with van der Waals surface area (Å²) in [5, 5.41) is 9.33. The van der Waals surface area contributed by atoms with E-state index in [1.165, 1.54) is 6.07 Å². The van der Waals surface area contributed by atoms with Crippen molar-refractivity contribution in [3.05, 3.63) is 24.0 Å². The number of nitrogens with two attached hydrogens (primary N) is 1. The zero-order valence-corrected chi connectivity index (χ0v) is 6.61. The summed E-state index contributed by atoms with van der Waals surface area (Å²) in [6, 6.07) is 4.85. The first-order chi connectivity index (χ1) is 6.18. The first-order valence-corrected chi connectivity index (χ1v) is 3.66. The Kier molecular flexibility index (Phi) is 1.45. The van der Waals surface area contributed by atoms with E-state index in [1.54, 1.807) is 12.1 Å². The fourth-order valence-electron chi connectivity index (χ4n) is 1.13. The molecular formula is C8H7N3O2. The van der Waals surface area contributed by atoms with E-state index in [4.69, 9.17) is 5.73 Å². The highest BCUT2D eigenvalue weighted by Gasteiger charge is 2.09. The number of aromatic hydroxyl groups is 1. The van der Waals surface area contributed by atoms with Gasteiger partial charge in [-0.25, -0.2) is 4.98 Å². The summed E-state index contributed by atoms with van der Waals surface area (Å²) in [4.78, 5) is 17.3. The molecule has 13 heavy (non-hydrogen) atoms. The van der Waals surface area contributed by atoms with Crippen molar-refractivity contribution in [3.8, 4) is 5.75 Å². The molecule has 0 fully saturated rings. The number of nitrogens with zero attached hydrogens (tertiary/aromatic N) is 1. The molecule has 0 saturated heterocycles. The molecule has 2 rings (SSSR count). The molecular weight excluding hydrogens is 170 g/mol. The van der Waals surface area contributed by atoms with Gasteiger partial charge in [0.2, 0.25) is 0 Å². The van der Waals surface area contributed by atoms with Gasteiger partial charge in [-0.2, -0.15) is 0 Å². The van der Waals surface area contributed by atoms with Crippen LogP contribution in [0, 0.1) is 0 Å². The molecule has 66 valence electrons. The smallest absolute Gasteiger partial charge is 0.284 e. The molecule has 0 aliphatic rings. The van der Waals surface area contributed by atoms with Gasteiger partial charge in [0.15, 0.2) is 5.82 Å². The van der Waals surface area contributed by atoms with Crippen molar-refractivity contribution in [2.75, 3.05) is 0 Å². The van der Waals surface area contributed by atoms with Gasteiger partial charge in [-0.05, 0) is 12.1 Å². The fraction of sp³-hybridized carbons (Fsp3) is 0. The van der Waals surface area contributed by atoms with Gasteiger partial charge in [-0.3, -0.25) is 4.79 Å². The Morgan fingerprint density at radius 3 is 2.92 bits per heavy atom. The minimum absolute atomic E-state index is 0.0289. The highest BCUT2D eigenvalue weighted by atomic mass is 16.3. The number of fused-ring (bicyclic) bond motifs is 1. The Labute approximate surface area is 73.2 Å². The number of phenols is 1. The van der Waals surface area contributed by atoms with Crippen molar-refractivity contribution in [2.24, 2.45) is 5.73 Å². The van der Waals surface area contributed by atoms with Gasteiger partial charge >= 0.3 is 0 Å². The zero-order chi connectivity index (χ0) is 9.42. The van der Waals surface area contributed by atoms with Crippen LogP contribution in [0.25, 0.3) is 11.0 Å². The lowest BCUT2D eigenvalue weighted by Gasteiger charge is -1.89. The number of aromatic amines is 1. The van der Waals surface area contributed by atoms with E-state index in [2.05, 4.69) is 9.97 Å². The third-order valence-electron chi connectivity index (χ3n) is 1.72. The van der Waals surface area contributed by atoms with E-state index in [0.717, 1.165) is 0 Å². The summed E-state index contributed by atoms with van der Waals surface area (Å²) >= 11 is 0. The van der Waals surface area contributed by atoms with Gasteiger partial charge in [0.1, 0.15) is 11.3 Å². The normalized spacial score (nSPS) is 10.5. The van der Waals surface area contributed by atoms with Crippen LogP contribution in [0.3, 0.4) is 0 Å². The van der Waals surface area contributed by atoms with Crippen LogP contribution < -0.4 is 5.73 Å². The van der Waals surface area contributed by atoms with Crippen molar-refractivity contribution in [1.29, 1.82) is 0 Å². The van der Waals surface area contributed by atoms with Gasteiger partial charge in [0.05, 0.1) is 5.52 Å². The number of rotatable bonds is 1. The van der Waals surface area contributed by atoms with E-state index in [9.17, 15) is 9.90 Å². The number of H-pyrrole nitrogens is 1. The lowest BCUT2D eigenvalue weighted by Crippen LogP contribution is -2.12. The van der Waals surface area contributed by atoms with Crippen LogP contribution in [0.2, 0.25) is 0 Å². The maximum Gasteiger partial charge on any atom is 0.284 e. The standard InChI is InChI=1S/C8H7N3O2/c9-7(13)8-10-4-2-1-3-5(12)6(4)11-8/h1-3,12H,(H2,9,13)(H,10,11). The minimum Gasteiger partial charge on any atom is -0.506 e. The number of nitrogens with one attached hydrogen (secondary N) is 1. The lowest BCUT2D eigenvalue weighted by molar-refractivity contribution is 0.0991. The van der Waals surface area contributed by atoms with Gasteiger partial charge < -0.3 is 15.8 Å². The number of hydrogen-bond acceptors (Lipinski definition) is 3. The van der Waals surface area contributed by atoms with Gasteiger partial charge in [-0.1, -0.05) is 6.07 Å². The highest BCUT2D eigenvalue weighted by molar-refractivity contribution is 5.94. The third kappa shape index (κ3) is 1.10. The van der Waals surface area contributed by atoms with Gasteiger partial charge in [-0.15, -0.1) is 0 Å². The number of primary amides is 1. The molecule has 0 unspecified atom stereocenters. The van der Waals surface area contributed by atoms with E-state index >= 15 is 0 Å². The molecule has 0 radical (unpaired) electrons. The number of phenolic OH excluding ortho intramolecular Hbond substituents is 1. The molecule has 5 heteroatoms. The van der Waals surface area contributed by atoms with Crippen molar-refractivity contribution >= 4 is 16.9 Å². The fourth-order valence-corrected chi connectivity index (χ4v) is 1.13. The van der Waals surface area contributed by atoms with Crippen LogP contribution in [-0.2, 0) is 0 Å². The van der Waals surface area contributed by atoms with Crippen molar-refractivity contribution in [3.63, 3.8) is 0 Å². The van der Waals surface area contributed by atoms with Crippen LogP contribution >= 0.6 is 0 Å². The van der Waals surface area contributed by atoms with Gasteiger partial charge in [0.25, 0.3) is 5.91 Å². The van der Waals surface area contributed by atoms with Crippen LogP contribution in [0.5, 0.6) is 5.75 Å². The molecule has 1 heterocycles. The molecule has 5 nitrogen and oxygen atoms in total. The average molecular weight is 177 g/mol. The van der Waals surface area contributed by atoms with E-state index in [-0.39, 0.29) is 11.6 Å². The summed E-state index contributed by atoms with van der Waals surface area (Å²) in [6.07, 6.45) is 0. The molecule has 0 saturated carbocycles. The first-order valence-electron chi connectivity index (χ1n) is 3.66. The second-order valence-electron chi connectivity index (χ2n) is 2.62. The lowest BCUT2D eigenvalue weighted by atomic mass is 10.3. The number of imidazole rings is 1. The predicted octanol–water partition coefficient (Wildman–Crippen LogP) is 0.367. The van der Waals surface area contributed by atoms with Crippen LogP contribution in [0.4, 0.5) is 0 Å². The predicted molar refractivity (Wildman–Crippen MR) is 46.3 cm³/mol. The Hall–Kier alpha value is -2.04. The zero-order valence-electron chi connectivity index (χ0n) is 6.61. The number of carbonyl (C=O) groups is 1. The summed E-state index contributed by atoms with van der Waals surface area (Å²) in [7, 11) is 0.